The van der Waals surface area contributed by atoms with Crippen LogP contribution in [-0.2, 0) is 22.6 Å². The molecule has 27 heavy (non-hydrogen) atoms. The van der Waals surface area contributed by atoms with Crippen molar-refractivity contribution >= 4 is 23.1 Å². The van der Waals surface area contributed by atoms with E-state index < -0.39 is 0 Å². The van der Waals surface area contributed by atoms with Gasteiger partial charge in [0.05, 0.1) is 6.61 Å². The monoisotopic (exact) mass is 368 g/mol. The summed E-state index contributed by atoms with van der Waals surface area (Å²) in [7, 11) is 0. The Morgan fingerprint density at radius 3 is 3.07 bits per heavy atom. The van der Waals surface area contributed by atoms with Crippen LogP contribution in [0.4, 0.5) is 4.39 Å². The molecule has 2 heterocycles. The molecule has 7 heteroatoms. The van der Waals surface area contributed by atoms with Crippen LogP contribution in [0.5, 0.6) is 5.75 Å². The highest BCUT2D eigenvalue weighted by atomic mass is 19.1. The standard InChI is InChI=1S/C20H17FN2O4/c21-15-9-13(20-14(10-15)11-25-12-26-20)7-8-22-18(24)5-6-19-23-16-3-1-2-4-17(16)27-19/h1-6,9-10H,7-8,11-12H2,(H,22,24)/b6-5+. The summed E-state index contributed by atoms with van der Waals surface area (Å²) >= 11 is 0. The number of amides is 1. The van der Waals surface area contributed by atoms with Crippen molar-refractivity contribution in [1.82, 2.24) is 10.3 Å². The molecule has 0 spiro atoms. The van der Waals surface area contributed by atoms with Crippen LogP contribution in [0.1, 0.15) is 17.0 Å². The number of oxazole rings is 1. The van der Waals surface area contributed by atoms with Crippen LogP contribution in [0.2, 0.25) is 0 Å². The topological polar surface area (TPSA) is 73.6 Å². The van der Waals surface area contributed by atoms with Crippen molar-refractivity contribution in [2.75, 3.05) is 13.3 Å². The van der Waals surface area contributed by atoms with Gasteiger partial charge in [-0.15, -0.1) is 0 Å². The molecule has 2 aromatic carbocycles. The van der Waals surface area contributed by atoms with E-state index in [1.54, 1.807) is 0 Å². The lowest BCUT2D eigenvalue weighted by molar-refractivity contribution is -0.116. The van der Waals surface area contributed by atoms with Crippen LogP contribution < -0.4 is 10.1 Å². The number of nitrogens with zero attached hydrogens (tertiary/aromatic N) is 1. The molecule has 6 nitrogen and oxygen atoms in total. The van der Waals surface area contributed by atoms with Crippen LogP contribution in [-0.4, -0.2) is 24.2 Å². The predicted molar refractivity (Wildman–Crippen MR) is 96.4 cm³/mol. The zero-order valence-corrected chi connectivity index (χ0v) is 14.4. The van der Waals surface area contributed by atoms with Crippen LogP contribution in [0, 0.1) is 5.82 Å². The van der Waals surface area contributed by atoms with Gasteiger partial charge in [0.25, 0.3) is 0 Å². The van der Waals surface area contributed by atoms with E-state index in [9.17, 15) is 9.18 Å². The third kappa shape index (κ3) is 3.98. The van der Waals surface area contributed by atoms with E-state index in [4.69, 9.17) is 13.9 Å². The van der Waals surface area contributed by atoms with Gasteiger partial charge in [-0.1, -0.05) is 12.1 Å². The summed E-state index contributed by atoms with van der Waals surface area (Å²) in [4.78, 5) is 16.3. The zero-order chi connectivity index (χ0) is 18.6. The van der Waals surface area contributed by atoms with E-state index in [-0.39, 0.29) is 18.5 Å². The minimum absolute atomic E-state index is 0.144. The van der Waals surface area contributed by atoms with Gasteiger partial charge in [-0.25, -0.2) is 9.37 Å². The highest BCUT2D eigenvalue weighted by Crippen LogP contribution is 2.29. The predicted octanol–water partition coefficient (Wildman–Crippen LogP) is 3.21. The van der Waals surface area contributed by atoms with Crippen molar-refractivity contribution in [3.8, 4) is 5.75 Å². The van der Waals surface area contributed by atoms with Crippen molar-refractivity contribution < 1.29 is 23.1 Å². The quantitative estimate of drug-likeness (QED) is 0.700. The Kier molecular flexibility index (Phi) is 4.84. The largest absolute Gasteiger partial charge is 0.467 e. The number of para-hydroxylation sites is 2. The first-order chi connectivity index (χ1) is 13.2. The lowest BCUT2D eigenvalue weighted by Gasteiger charge is -2.20. The molecular weight excluding hydrogens is 351 g/mol. The molecule has 1 amide bonds. The summed E-state index contributed by atoms with van der Waals surface area (Å²) in [5, 5.41) is 2.76. The first-order valence-electron chi connectivity index (χ1n) is 8.52. The Morgan fingerprint density at radius 1 is 1.30 bits per heavy atom. The number of hydrogen-bond acceptors (Lipinski definition) is 5. The number of hydrogen-bond donors (Lipinski definition) is 1. The van der Waals surface area contributed by atoms with Crippen LogP contribution >= 0.6 is 0 Å². The van der Waals surface area contributed by atoms with Gasteiger partial charge in [0.15, 0.2) is 12.4 Å². The lowest BCUT2D eigenvalue weighted by Crippen LogP contribution is -2.24. The summed E-state index contributed by atoms with van der Waals surface area (Å²) in [5.41, 5.74) is 2.78. The molecule has 0 aliphatic carbocycles. The van der Waals surface area contributed by atoms with Gasteiger partial charge in [0, 0.05) is 24.3 Å². The van der Waals surface area contributed by atoms with Gasteiger partial charge < -0.3 is 19.2 Å². The maximum absolute atomic E-state index is 13.7. The lowest BCUT2D eigenvalue weighted by atomic mass is 10.1. The molecule has 1 aliphatic heterocycles. The molecule has 0 saturated carbocycles. The minimum Gasteiger partial charge on any atom is -0.467 e. The SMILES string of the molecule is O=C(/C=C/c1nc2ccccc2o1)NCCc1cc(F)cc2c1OCOC2. The fourth-order valence-corrected chi connectivity index (χ4v) is 2.93. The average molecular weight is 368 g/mol. The molecule has 0 unspecified atom stereocenters. The Balaban J connectivity index is 1.35. The Hall–Kier alpha value is -3.19. The van der Waals surface area contributed by atoms with Crippen molar-refractivity contribution in [1.29, 1.82) is 0 Å². The minimum atomic E-state index is -0.347. The van der Waals surface area contributed by atoms with E-state index in [1.165, 1.54) is 24.3 Å². The Morgan fingerprint density at radius 2 is 2.19 bits per heavy atom. The normalized spacial score (nSPS) is 13.5. The van der Waals surface area contributed by atoms with Crippen molar-refractivity contribution in [3.05, 3.63) is 65.3 Å². The van der Waals surface area contributed by atoms with Gasteiger partial charge in [-0.2, -0.15) is 0 Å². The van der Waals surface area contributed by atoms with Crippen molar-refractivity contribution in [2.45, 2.75) is 13.0 Å². The molecule has 1 N–H and O–H groups in total. The number of aromatic nitrogens is 1. The first kappa shape index (κ1) is 17.2. The highest BCUT2D eigenvalue weighted by molar-refractivity contribution is 5.91. The molecule has 0 radical (unpaired) electrons. The number of ether oxygens (including phenoxy) is 2. The number of nitrogens with one attached hydrogen (secondary N) is 1. The second kappa shape index (κ2) is 7.59. The van der Waals surface area contributed by atoms with Crippen molar-refractivity contribution in [3.63, 3.8) is 0 Å². The van der Waals surface area contributed by atoms with Crippen molar-refractivity contribution in [2.24, 2.45) is 0 Å². The van der Waals surface area contributed by atoms with Crippen LogP contribution in [0.15, 0.2) is 46.9 Å². The summed E-state index contributed by atoms with van der Waals surface area (Å²) in [5.74, 6) is 0.365. The Labute approximate surface area is 154 Å². The summed E-state index contributed by atoms with van der Waals surface area (Å²) < 4.78 is 29.9. The van der Waals surface area contributed by atoms with Gasteiger partial charge in [0.1, 0.15) is 17.1 Å². The van der Waals surface area contributed by atoms with Gasteiger partial charge in [-0.05, 0) is 36.2 Å². The third-order valence-electron chi connectivity index (χ3n) is 4.13. The number of carbonyl (C=O) groups excluding carboxylic acids is 1. The van der Waals surface area contributed by atoms with Gasteiger partial charge >= 0.3 is 0 Å². The smallest absolute Gasteiger partial charge is 0.244 e. The highest BCUT2D eigenvalue weighted by Gasteiger charge is 2.16. The molecule has 138 valence electrons. The Bertz CT molecular complexity index is 979. The number of rotatable bonds is 5. The fraction of sp³-hybridized carbons (Fsp3) is 0.200. The van der Waals surface area contributed by atoms with E-state index in [1.807, 2.05) is 24.3 Å². The van der Waals surface area contributed by atoms with Gasteiger partial charge in [0.2, 0.25) is 11.8 Å². The van der Waals surface area contributed by atoms with E-state index >= 15 is 0 Å². The van der Waals surface area contributed by atoms with E-state index in [0.29, 0.717) is 47.9 Å². The van der Waals surface area contributed by atoms with E-state index in [2.05, 4.69) is 10.3 Å². The molecule has 0 fully saturated rings. The first-order valence-corrected chi connectivity index (χ1v) is 8.52. The molecule has 1 aliphatic rings. The molecule has 0 bridgehead atoms. The maximum Gasteiger partial charge on any atom is 0.244 e. The average Bonchev–Trinajstić information content (AvgIpc) is 3.09. The van der Waals surface area contributed by atoms with Gasteiger partial charge in [-0.3, -0.25) is 4.79 Å². The molecule has 3 aromatic rings. The summed E-state index contributed by atoms with van der Waals surface area (Å²) in [6.07, 6.45) is 3.32. The second-order valence-electron chi connectivity index (χ2n) is 6.06. The summed E-state index contributed by atoms with van der Waals surface area (Å²) in [6, 6.07) is 10.2. The van der Waals surface area contributed by atoms with E-state index in [0.717, 1.165) is 5.52 Å². The molecular formula is C20H17FN2O4. The third-order valence-corrected chi connectivity index (χ3v) is 4.13. The zero-order valence-electron chi connectivity index (χ0n) is 14.4. The molecule has 4 rings (SSSR count). The van der Waals surface area contributed by atoms with Crippen LogP contribution in [0.25, 0.3) is 17.2 Å². The van der Waals surface area contributed by atoms with Crippen LogP contribution in [0.3, 0.4) is 0 Å². The maximum atomic E-state index is 13.7. The fourth-order valence-electron chi connectivity index (χ4n) is 2.93. The summed E-state index contributed by atoms with van der Waals surface area (Å²) in [6.45, 7) is 0.807. The second-order valence-corrected chi connectivity index (χ2v) is 6.06. The number of benzene rings is 2. The number of carbonyl (C=O) groups is 1. The molecule has 1 aromatic heterocycles. The molecule has 0 saturated heterocycles. The number of fused-ring (bicyclic) bond motifs is 2. The number of halogens is 1. The molecule has 0 atom stereocenters.